The van der Waals surface area contributed by atoms with Crippen molar-refractivity contribution in [3.63, 3.8) is 0 Å². The number of aliphatic hydroxyl groups is 7. The van der Waals surface area contributed by atoms with Gasteiger partial charge >= 0.3 is 0 Å². The van der Waals surface area contributed by atoms with Crippen LogP contribution in [0.15, 0.2) is 0 Å². The second kappa shape index (κ2) is 26.6. The molecule has 0 aliphatic carbocycles. The Kier molecular flexibility index (Phi) is 24.4. The van der Waals surface area contributed by atoms with Gasteiger partial charge in [-0.15, -0.1) is 0 Å². The summed E-state index contributed by atoms with van der Waals surface area (Å²) in [5.74, 6) is -3.70. The summed E-state index contributed by atoms with van der Waals surface area (Å²) >= 11 is 10.6. The summed E-state index contributed by atoms with van der Waals surface area (Å²) in [6.07, 6.45) is -4.23. The quantitative estimate of drug-likeness (QED) is 0.0438. The van der Waals surface area contributed by atoms with Crippen LogP contribution in [0.4, 0.5) is 11.4 Å². The SMILES string of the molecule is O=CN(CC(=O)CC(O)CN(C=O)c1c(I)c(C(=O)NCCO)c(I)c(C(=O)NCC(O)CO)c1I)c1c(I)c(C(=O)NCCO)c(I)c(C(=O)NCC(O)CO)c1I. The number of carbonyl (C=O) groups is 7. The van der Waals surface area contributed by atoms with Crippen molar-refractivity contribution in [1.29, 1.82) is 0 Å². The number of hydrogen-bond acceptors (Lipinski definition) is 14. The molecule has 0 aliphatic heterocycles. The van der Waals surface area contributed by atoms with E-state index in [-0.39, 0.29) is 87.6 Å². The average Bonchev–Trinajstić information content (AvgIpc) is 3.18. The summed E-state index contributed by atoms with van der Waals surface area (Å²) in [5.41, 5.74) is -0.294. The van der Waals surface area contributed by atoms with E-state index in [0.29, 0.717) is 6.41 Å². The number of hydrogen-bond donors (Lipinski definition) is 11. The lowest BCUT2D eigenvalue weighted by molar-refractivity contribution is -0.121. The second-order valence-corrected chi connectivity index (χ2v) is 18.5. The highest BCUT2D eigenvalue weighted by atomic mass is 127. The average molecular weight is 1500 g/mol. The van der Waals surface area contributed by atoms with E-state index in [1.54, 1.807) is 136 Å². The zero-order chi connectivity index (χ0) is 44.7. The number of benzene rings is 2. The molecule has 0 heterocycles. The van der Waals surface area contributed by atoms with Gasteiger partial charge in [-0.05, 0) is 136 Å². The fourth-order valence-electron chi connectivity index (χ4n) is 5.01. The summed E-state index contributed by atoms with van der Waals surface area (Å²) in [6.45, 7) is -4.35. The Balaban J connectivity index is 2.57. The van der Waals surface area contributed by atoms with Gasteiger partial charge < -0.3 is 66.8 Å². The van der Waals surface area contributed by atoms with Crippen LogP contribution >= 0.6 is 136 Å². The lowest BCUT2D eigenvalue weighted by atomic mass is 10.1. The molecule has 2 rings (SSSR count). The number of nitrogens with zero attached hydrogens (tertiary/aromatic N) is 2. The molecule has 3 unspecified atom stereocenters. The van der Waals surface area contributed by atoms with Crippen molar-refractivity contribution in [2.45, 2.75) is 24.7 Å². The Hall–Kier alpha value is -0.970. The summed E-state index contributed by atoms with van der Waals surface area (Å²) in [7, 11) is 0. The molecule has 2 aromatic carbocycles. The van der Waals surface area contributed by atoms with Gasteiger partial charge in [0.15, 0.2) is 5.78 Å². The summed E-state index contributed by atoms with van der Waals surface area (Å²) in [4.78, 5) is 94.0. The molecule has 326 valence electrons. The van der Waals surface area contributed by atoms with E-state index in [0.717, 1.165) is 9.80 Å². The molecule has 2 aromatic rings. The number of halogens is 6. The van der Waals surface area contributed by atoms with Crippen LogP contribution in [0.5, 0.6) is 0 Å². The van der Waals surface area contributed by atoms with E-state index in [1.807, 2.05) is 0 Å². The van der Waals surface area contributed by atoms with Gasteiger partial charge in [0.05, 0.1) is 106 Å². The summed E-state index contributed by atoms with van der Waals surface area (Å²) < 4.78 is 0.898. The van der Waals surface area contributed by atoms with Crippen LogP contribution in [0, 0.1) is 21.4 Å². The molecular formula is C33H38I6N6O14. The van der Waals surface area contributed by atoms with Gasteiger partial charge in [0.25, 0.3) is 23.6 Å². The van der Waals surface area contributed by atoms with Crippen molar-refractivity contribution in [2.24, 2.45) is 0 Å². The third kappa shape index (κ3) is 14.5. The zero-order valence-electron chi connectivity index (χ0n) is 30.3. The number of carbonyl (C=O) groups excluding carboxylic acids is 7. The lowest BCUT2D eigenvalue weighted by Crippen LogP contribution is -2.39. The first-order valence-corrected chi connectivity index (χ1v) is 23.3. The molecule has 0 bridgehead atoms. The van der Waals surface area contributed by atoms with Crippen molar-refractivity contribution in [2.75, 3.05) is 75.5 Å². The Morgan fingerprint density at radius 3 is 1.19 bits per heavy atom. The Bertz CT molecular complexity index is 1910. The fraction of sp³-hybridized carbons (Fsp3) is 0.424. The number of Topliss-reactive ketones (excluding diaryl/α,β-unsaturated/α-hetero) is 1. The van der Waals surface area contributed by atoms with E-state index < -0.39 is 93.7 Å². The highest BCUT2D eigenvalue weighted by molar-refractivity contribution is 14.1. The van der Waals surface area contributed by atoms with Gasteiger partial charge in [-0.25, -0.2) is 0 Å². The maximum Gasteiger partial charge on any atom is 0.253 e. The van der Waals surface area contributed by atoms with Crippen molar-refractivity contribution in [3.05, 3.63) is 43.7 Å². The van der Waals surface area contributed by atoms with E-state index in [4.69, 9.17) is 0 Å². The molecule has 0 radical (unpaired) electrons. The topological polar surface area (TPSA) is 316 Å². The molecule has 0 saturated carbocycles. The third-order valence-electron chi connectivity index (χ3n) is 7.75. The largest absolute Gasteiger partial charge is 0.395 e. The number of nitrogens with one attached hydrogen (secondary N) is 4. The van der Waals surface area contributed by atoms with Gasteiger partial charge in [-0.2, -0.15) is 0 Å². The van der Waals surface area contributed by atoms with Crippen molar-refractivity contribution in [3.8, 4) is 0 Å². The summed E-state index contributed by atoms with van der Waals surface area (Å²) in [5, 5.41) is 77.6. The minimum absolute atomic E-state index is 0.0111. The number of aliphatic hydroxyl groups excluding tert-OH is 7. The standard InChI is InChI=1S/C33H38I6N6O14/c34-22-18(30(56)40-1-3-46)24(36)28(26(38)20(22)32(58)42-6-16(54)10-48)44(12-50)8-14(52)5-15(53)9-45(13-51)29-25(37)19(31(57)41-2-4-47)23(35)21(27(29)39)33(59)43-7-17(55)11-49/h12-14,16-17,46-49,52,54-55H,1-11H2,(H,40,56)(H,41,57)(H,42,58)(H,43,59). The zero-order valence-corrected chi connectivity index (χ0v) is 43.3. The molecule has 0 fully saturated rings. The third-order valence-corrected chi connectivity index (χ3v) is 14.1. The molecule has 11 N–H and O–H groups in total. The van der Waals surface area contributed by atoms with E-state index >= 15 is 0 Å². The van der Waals surface area contributed by atoms with E-state index in [9.17, 15) is 69.3 Å². The molecule has 0 spiro atoms. The number of amides is 6. The smallest absolute Gasteiger partial charge is 0.253 e. The maximum absolute atomic E-state index is 13.5. The first-order chi connectivity index (χ1) is 27.9. The normalized spacial score (nSPS) is 12.5. The molecular weight excluding hydrogens is 1470 g/mol. The molecule has 20 nitrogen and oxygen atoms in total. The van der Waals surface area contributed by atoms with E-state index in [1.165, 1.54) is 0 Å². The molecule has 0 aliphatic rings. The van der Waals surface area contributed by atoms with Gasteiger partial charge in [-0.3, -0.25) is 33.6 Å². The highest BCUT2D eigenvalue weighted by Crippen LogP contribution is 2.39. The molecule has 6 amide bonds. The van der Waals surface area contributed by atoms with Crippen LogP contribution in [-0.2, 0) is 14.4 Å². The van der Waals surface area contributed by atoms with Crippen LogP contribution in [0.3, 0.4) is 0 Å². The molecule has 0 aromatic heterocycles. The molecule has 3 atom stereocenters. The monoisotopic (exact) mass is 1500 g/mol. The second-order valence-electron chi connectivity index (χ2n) is 12.0. The number of ketones is 1. The molecule has 59 heavy (non-hydrogen) atoms. The summed E-state index contributed by atoms with van der Waals surface area (Å²) in [6, 6.07) is 0. The Morgan fingerprint density at radius 2 is 0.864 bits per heavy atom. The Labute approximate surface area is 418 Å². The minimum atomic E-state index is -1.59. The van der Waals surface area contributed by atoms with Crippen LogP contribution in [0.1, 0.15) is 47.9 Å². The van der Waals surface area contributed by atoms with Gasteiger partial charge in [0.1, 0.15) is 0 Å². The van der Waals surface area contributed by atoms with Gasteiger partial charge in [0, 0.05) is 39.7 Å². The lowest BCUT2D eigenvalue weighted by Gasteiger charge is -2.27. The first-order valence-electron chi connectivity index (χ1n) is 16.8. The van der Waals surface area contributed by atoms with Crippen molar-refractivity contribution in [1.82, 2.24) is 21.3 Å². The number of rotatable bonds is 24. The van der Waals surface area contributed by atoms with Crippen molar-refractivity contribution < 1.29 is 69.3 Å². The predicted molar refractivity (Wildman–Crippen MR) is 261 cm³/mol. The predicted octanol–water partition coefficient (Wildman–Crippen LogP) is -1.13. The minimum Gasteiger partial charge on any atom is -0.395 e. The van der Waals surface area contributed by atoms with Crippen LogP contribution in [-0.4, -0.2) is 162 Å². The Morgan fingerprint density at radius 1 is 0.525 bits per heavy atom. The van der Waals surface area contributed by atoms with Gasteiger partial charge in [0.2, 0.25) is 12.8 Å². The van der Waals surface area contributed by atoms with Gasteiger partial charge in [-0.1, -0.05) is 0 Å². The van der Waals surface area contributed by atoms with E-state index in [2.05, 4.69) is 21.3 Å². The van der Waals surface area contributed by atoms with Crippen molar-refractivity contribution >= 4 is 189 Å². The van der Waals surface area contributed by atoms with Crippen LogP contribution < -0.4 is 31.1 Å². The van der Waals surface area contributed by atoms with Crippen LogP contribution in [0.25, 0.3) is 0 Å². The fourth-order valence-corrected chi connectivity index (χ4v) is 14.5. The maximum atomic E-state index is 13.5. The number of anilines is 2. The molecule has 26 heteroatoms. The first kappa shape index (κ1) is 54.2. The highest BCUT2D eigenvalue weighted by Gasteiger charge is 2.33. The molecule has 0 saturated heterocycles. The van der Waals surface area contributed by atoms with Crippen LogP contribution in [0.2, 0.25) is 0 Å².